The third-order valence-corrected chi connectivity index (χ3v) is 4.68. The first-order valence-corrected chi connectivity index (χ1v) is 8.44. The second kappa shape index (κ2) is 7.12. The van der Waals surface area contributed by atoms with Gasteiger partial charge in [0.15, 0.2) is 11.6 Å². The molecule has 0 atom stereocenters. The Morgan fingerprint density at radius 2 is 0.917 bits per heavy atom. The van der Waals surface area contributed by atoms with Crippen molar-refractivity contribution in [1.82, 2.24) is 0 Å². The lowest BCUT2D eigenvalue weighted by atomic mass is 9.73. The number of ketones is 2. The molecule has 2 aromatic rings. The first-order chi connectivity index (χ1) is 11.2. The Balaban J connectivity index is 2.07. The molecule has 24 heavy (non-hydrogen) atoms. The molecule has 0 spiro atoms. The molecule has 0 N–H and O–H groups in total. The zero-order chi connectivity index (χ0) is 17.8. The number of carbonyl (C=O) groups excluding carboxylic acids is 2. The highest BCUT2D eigenvalue weighted by Gasteiger charge is 2.34. The molecule has 0 unspecified atom stereocenters. The fourth-order valence-electron chi connectivity index (χ4n) is 2.81. The summed E-state index contributed by atoms with van der Waals surface area (Å²) in [5.41, 5.74) is 0.481. The van der Waals surface area contributed by atoms with E-state index in [1.807, 2.05) is 88.4 Å². The van der Waals surface area contributed by atoms with Gasteiger partial charge in [0.1, 0.15) is 0 Å². The van der Waals surface area contributed by atoms with Crippen LogP contribution in [0.25, 0.3) is 0 Å². The Morgan fingerprint density at radius 3 is 1.21 bits per heavy atom. The van der Waals surface area contributed by atoms with E-state index in [-0.39, 0.29) is 11.6 Å². The maximum Gasteiger partial charge on any atom is 0.168 e. The average molecular weight is 322 g/mol. The van der Waals surface area contributed by atoms with Crippen molar-refractivity contribution in [3.63, 3.8) is 0 Å². The molecule has 0 aliphatic rings. The monoisotopic (exact) mass is 322 g/mol. The number of benzene rings is 2. The summed E-state index contributed by atoms with van der Waals surface area (Å²) in [7, 11) is 0. The van der Waals surface area contributed by atoms with Crippen molar-refractivity contribution in [2.45, 2.75) is 40.5 Å². The van der Waals surface area contributed by atoms with Crippen LogP contribution in [0, 0.1) is 10.8 Å². The van der Waals surface area contributed by atoms with Gasteiger partial charge in [-0.2, -0.15) is 0 Å². The molecule has 2 nitrogen and oxygen atoms in total. The van der Waals surface area contributed by atoms with Crippen LogP contribution in [0.4, 0.5) is 0 Å². The Labute approximate surface area is 144 Å². The van der Waals surface area contributed by atoms with Gasteiger partial charge in [-0.1, -0.05) is 88.4 Å². The summed E-state index contributed by atoms with van der Waals surface area (Å²) in [5, 5.41) is 0. The lowest BCUT2D eigenvalue weighted by Crippen LogP contribution is -2.30. The van der Waals surface area contributed by atoms with E-state index in [9.17, 15) is 9.59 Å². The predicted molar refractivity (Wildman–Crippen MR) is 98.3 cm³/mol. The molecule has 0 heterocycles. The first-order valence-electron chi connectivity index (χ1n) is 8.44. The standard InChI is InChI=1S/C22H26O2/c1-21(2,19(23)17-11-7-5-8-12-17)15-16-22(3,4)20(24)18-13-9-6-10-14-18/h5-14H,15-16H2,1-4H3. The molecule has 2 rings (SSSR count). The van der Waals surface area contributed by atoms with Crippen LogP contribution in [0.15, 0.2) is 60.7 Å². The summed E-state index contributed by atoms with van der Waals surface area (Å²) in [5.74, 6) is 0.261. The predicted octanol–water partition coefficient (Wildman–Crippen LogP) is 5.58. The highest BCUT2D eigenvalue weighted by molar-refractivity contribution is 6.01. The van der Waals surface area contributed by atoms with E-state index in [0.29, 0.717) is 12.8 Å². The summed E-state index contributed by atoms with van der Waals surface area (Å²) in [6.45, 7) is 7.85. The molecule has 0 radical (unpaired) electrons. The number of hydrogen-bond donors (Lipinski definition) is 0. The van der Waals surface area contributed by atoms with Gasteiger partial charge in [0, 0.05) is 22.0 Å². The molecule has 2 aromatic carbocycles. The summed E-state index contributed by atoms with van der Waals surface area (Å²) < 4.78 is 0. The van der Waals surface area contributed by atoms with Crippen LogP contribution in [0.3, 0.4) is 0 Å². The van der Waals surface area contributed by atoms with E-state index in [4.69, 9.17) is 0 Å². The second-order valence-electron chi connectivity index (χ2n) is 7.66. The van der Waals surface area contributed by atoms with Gasteiger partial charge >= 0.3 is 0 Å². The number of hydrogen-bond acceptors (Lipinski definition) is 2. The Morgan fingerprint density at radius 1 is 0.625 bits per heavy atom. The van der Waals surface area contributed by atoms with Gasteiger partial charge in [0.05, 0.1) is 0 Å². The van der Waals surface area contributed by atoms with E-state index in [0.717, 1.165) is 11.1 Å². The van der Waals surface area contributed by atoms with Crippen LogP contribution in [0.1, 0.15) is 61.3 Å². The van der Waals surface area contributed by atoms with Crippen LogP contribution >= 0.6 is 0 Å². The van der Waals surface area contributed by atoms with E-state index >= 15 is 0 Å². The highest BCUT2D eigenvalue weighted by Crippen LogP contribution is 2.35. The lowest BCUT2D eigenvalue weighted by Gasteiger charge is -2.29. The molecule has 126 valence electrons. The fraction of sp³-hybridized carbons (Fsp3) is 0.364. The quantitative estimate of drug-likeness (QED) is 0.623. The molecular weight excluding hydrogens is 296 g/mol. The Bertz CT molecular complexity index is 634. The van der Waals surface area contributed by atoms with Crippen molar-refractivity contribution < 1.29 is 9.59 Å². The summed E-state index contributed by atoms with van der Waals surface area (Å²) >= 11 is 0. The maximum atomic E-state index is 12.7. The van der Waals surface area contributed by atoms with Gasteiger partial charge in [-0.15, -0.1) is 0 Å². The summed E-state index contributed by atoms with van der Waals surface area (Å²) in [6.07, 6.45) is 1.35. The molecule has 0 saturated carbocycles. The minimum absolute atomic E-state index is 0.131. The Hall–Kier alpha value is -2.22. The zero-order valence-electron chi connectivity index (χ0n) is 15.0. The molecule has 0 aliphatic heterocycles. The molecular formula is C22H26O2. The third kappa shape index (κ3) is 4.19. The molecule has 0 amide bonds. The third-order valence-electron chi connectivity index (χ3n) is 4.68. The number of rotatable bonds is 7. The highest BCUT2D eigenvalue weighted by atomic mass is 16.1. The summed E-state index contributed by atoms with van der Waals surface area (Å²) in [6, 6.07) is 18.7. The number of Topliss-reactive ketones (excluding diaryl/α,β-unsaturated/α-hetero) is 2. The fourth-order valence-corrected chi connectivity index (χ4v) is 2.81. The molecule has 2 heteroatoms. The van der Waals surface area contributed by atoms with E-state index in [2.05, 4.69) is 0 Å². The normalized spacial score (nSPS) is 12.0. The van der Waals surface area contributed by atoms with Gasteiger partial charge in [-0.05, 0) is 12.8 Å². The van der Waals surface area contributed by atoms with Crippen LogP contribution in [-0.2, 0) is 0 Å². The maximum absolute atomic E-state index is 12.7. The van der Waals surface area contributed by atoms with Crippen molar-refractivity contribution in [2.75, 3.05) is 0 Å². The zero-order valence-corrected chi connectivity index (χ0v) is 15.0. The van der Waals surface area contributed by atoms with E-state index < -0.39 is 10.8 Å². The largest absolute Gasteiger partial charge is 0.294 e. The van der Waals surface area contributed by atoms with Gasteiger partial charge in [-0.25, -0.2) is 0 Å². The van der Waals surface area contributed by atoms with Gasteiger partial charge in [0.2, 0.25) is 0 Å². The molecule has 0 aromatic heterocycles. The first kappa shape index (κ1) is 18.1. The van der Waals surface area contributed by atoms with Crippen molar-refractivity contribution in [2.24, 2.45) is 10.8 Å². The molecule has 0 bridgehead atoms. The average Bonchev–Trinajstić information content (AvgIpc) is 2.60. The van der Waals surface area contributed by atoms with Crippen LogP contribution in [-0.4, -0.2) is 11.6 Å². The van der Waals surface area contributed by atoms with Crippen LogP contribution in [0.2, 0.25) is 0 Å². The van der Waals surface area contributed by atoms with Crippen molar-refractivity contribution in [3.05, 3.63) is 71.8 Å². The molecule has 0 fully saturated rings. The van der Waals surface area contributed by atoms with Crippen molar-refractivity contribution in [1.29, 1.82) is 0 Å². The van der Waals surface area contributed by atoms with E-state index in [1.165, 1.54) is 0 Å². The minimum atomic E-state index is -0.490. The minimum Gasteiger partial charge on any atom is -0.294 e. The van der Waals surface area contributed by atoms with Crippen molar-refractivity contribution >= 4 is 11.6 Å². The second-order valence-corrected chi connectivity index (χ2v) is 7.66. The number of carbonyl (C=O) groups is 2. The SMILES string of the molecule is CC(C)(CCC(C)(C)C(=O)c1ccccc1)C(=O)c1ccccc1. The molecule has 0 saturated heterocycles. The Kier molecular flexibility index (Phi) is 5.38. The van der Waals surface area contributed by atoms with E-state index in [1.54, 1.807) is 0 Å². The smallest absolute Gasteiger partial charge is 0.168 e. The molecule has 0 aliphatic carbocycles. The lowest BCUT2D eigenvalue weighted by molar-refractivity contribution is 0.0742. The van der Waals surface area contributed by atoms with Gasteiger partial charge in [0.25, 0.3) is 0 Å². The van der Waals surface area contributed by atoms with Gasteiger partial charge < -0.3 is 0 Å². The van der Waals surface area contributed by atoms with Crippen LogP contribution < -0.4 is 0 Å². The van der Waals surface area contributed by atoms with Crippen LogP contribution in [0.5, 0.6) is 0 Å². The topological polar surface area (TPSA) is 34.1 Å². The van der Waals surface area contributed by atoms with Crippen molar-refractivity contribution in [3.8, 4) is 0 Å². The summed E-state index contributed by atoms with van der Waals surface area (Å²) in [4.78, 5) is 25.5. The van der Waals surface area contributed by atoms with Gasteiger partial charge in [-0.3, -0.25) is 9.59 Å².